The van der Waals surface area contributed by atoms with E-state index in [1.807, 2.05) is 0 Å². The third-order valence-corrected chi connectivity index (χ3v) is 4.00. The van der Waals surface area contributed by atoms with Crippen molar-refractivity contribution < 1.29 is 23.3 Å². The fourth-order valence-corrected chi connectivity index (χ4v) is 2.29. The van der Waals surface area contributed by atoms with Gasteiger partial charge in [0.25, 0.3) is 0 Å². The molecule has 5 nitrogen and oxygen atoms in total. The zero-order valence-electron chi connectivity index (χ0n) is 10.3. The van der Waals surface area contributed by atoms with Crippen molar-refractivity contribution in [2.75, 3.05) is 11.1 Å². The van der Waals surface area contributed by atoms with E-state index in [1.54, 1.807) is 0 Å². The summed E-state index contributed by atoms with van der Waals surface area (Å²) in [6.45, 7) is 1.46. The fraction of sp³-hybridized carbons (Fsp3) is 0.333. The van der Waals surface area contributed by atoms with Gasteiger partial charge in [0.1, 0.15) is 11.1 Å². The predicted octanol–water partition coefficient (Wildman–Crippen LogP) is 1.38. The van der Waals surface area contributed by atoms with Gasteiger partial charge < -0.3 is 10.4 Å². The summed E-state index contributed by atoms with van der Waals surface area (Å²) in [7, 11) is -1.56. The molecule has 0 aliphatic carbocycles. The normalized spacial score (nSPS) is 13.6. The molecule has 0 aliphatic heterocycles. The molecule has 1 aromatic rings. The molecule has 0 aliphatic rings. The first-order valence-corrected chi connectivity index (χ1v) is 6.93. The second-order valence-corrected chi connectivity index (χ2v) is 5.74. The van der Waals surface area contributed by atoms with Gasteiger partial charge in [-0.15, -0.1) is 0 Å². The Labute approximate surface area is 112 Å². The van der Waals surface area contributed by atoms with E-state index in [4.69, 9.17) is 5.11 Å². The highest BCUT2D eigenvalue weighted by Gasteiger charge is 2.20. The van der Waals surface area contributed by atoms with Gasteiger partial charge in [-0.3, -0.25) is 13.8 Å². The van der Waals surface area contributed by atoms with E-state index in [0.29, 0.717) is 5.69 Å². The molecule has 19 heavy (non-hydrogen) atoms. The van der Waals surface area contributed by atoms with Crippen LogP contribution >= 0.6 is 0 Å². The second-order valence-electron chi connectivity index (χ2n) is 3.87. The lowest BCUT2D eigenvalue weighted by Gasteiger charge is -2.11. The zero-order chi connectivity index (χ0) is 14.4. The average Bonchev–Trinajstić information content (AvgIpc) is 2.37. The summed E-state index contributed by atoms with van der Waals surface area (Å²) in [5.41, 5.74) is 0.397. The van der Waals surface area contributed by atoms with E-state index >= 15 is 0 Å². The lowest BCUT2D eigenvalue weighted by atomic mass is 10.3. The Kier molecular flexibility index (Phi) is 5.62. The van der Waals surface area contributed by atoms with E-state index in [-0.39, 0.29) is 12.2 Å². The number of carboxylic acid groups (broad SMARTS) is 1. The van der Waals surface area contributed by atoms with Crippen LogP contribution in [-0.4, -0.2) is 32.2 Å². The first-order chi connectivity index (χ1) is 8.90. The van der Waals surface area contributed by atoms with Gasteiger partial charge in [-0.05, 0) is 31.2 Å². The maximum absolute atomic E-state index is 12.7. The lowest BCUT2D eigenvalue weighted by Crippen LogP contribution is -2.30. The second kappa shape index (κ2) is 6.98. The number of amides is 1. The van der Waals surface area contributed by atoms with Crippen LogP contribution in [0.15, 0.2) is 24.3 Å². The Bertz CT molecular complexity index is 489. The van der Waals surface area contributed by atoms with Gasteiger partial charge in [0.2, 0.25) is 5.91 Å². The van der Waals surface area contributed by atoms with Crippen LogP contribution < -0.4 is 5.32 Å². The van der Waals surface area contributed by atoms with Crippen LogP contribution in [0.1, 0.15) is 13.3 Å². The van der Waals surface area contributed by atoms with Gasteiger partial charge in [-0.1, -0.05) is 0 Å². The van der Waals surface area contributed by atoms with Crippen LogP contribution in [0.25, 0.3) is 0 Å². The minimum atomic E-state index is -1.56. The van der Waals surface area contributed by atoms with Crippen LogP contribution in [0.4, 0.5) is 10.1 Å². The number of nitrogens with one attached hydrogen (secondary N) is 1. The third-order valence-electron chi connectivity index (χ3n) is 2.39. The number of rotatable bonds is 6. The van der Waals surface area contributed by atoms with Crippen LogP contribution in [0.5, 0.6) is 0 Å². The molecule has 2 N–H and O–H groups in total. The van der Waals surface area contributed by atoms with Crippen molar-refractivity contribution in [1.29, 1.82) is 0 Å². The lowest BCUT2D eigenvalue weighted by molar-refractivity contribution is -0.136. The molecule has 0 aromatic heterocycles. The van der Waals surface area contributed by atoms with Crippen molar-refractivity contribution in [1.82, 2.24) is 0 Å². The Morgan fingerprint density at radius 3 is 2.47 bits per heavy atom. The van der Waals surface area contributed by atoms with Crippen molar-refractivity contribution in [3.8, 4) is 0 Å². The van der Waals surface area contributed by atoms with E-state index in [0.717, 1.165) is 0 Å². The van der Waals surface area contributed by atoms with Crippen LogP contribution in [-0.2, 0) is 20.4 Å². The molecule has 0 heterocycles. The highest BCUT2D eigenvalue weighted by molar-refractivity contribution is 7.86. The topological polar surface area (TPSA) is 83.5 Å². The molecule has 1 rings (SSSR count). The van der Waals surface area contributed by atoms with Gasteiger partial charge in [0.05, 0.1) is 6.42 Å². The number of aliphatic carboxylic acids is 1. The zero-order valence-corrected chi connectivity index (χ0v) is 11.1. The minimum absolute atomic E-state index is 0.0761. The Balaban J connectivity index is 2.54. The largest absolute Gasteiger partial charge is 0.481 e. The van der Waals surface area contributed by atoms with E-state index in [1.165, 1.54) is 31.2 Å². The average molecular weight is 287 g/mol. The van der Waals surface area contributed by atoms with Crippen molar-refractivity contribution in [2.45, 2.75) is 18.6 Å². The number of carbonyl (C=O) groups is 2. The number of benzene rings is 1. The summed E-state index contributed by atoms with van der Waals surface area (Å²) in [4.78, 5) is 22.1. The Hall–Kier alpha value is -1.76. The van der Waals surface area contributed by atoms with Crippen molar-refractivity contribution in [3.63, 3.8) is 0 Å². The molecule has 2 atom stereocenters. The number of hydrogen-bond donors (Lipinski definition) is 2. The Morgan fingerprint density at radius 2 is 1.95 bits per heavy atom. The van der Waals surface area contributed by atoms with Gasteiger partial charge in [-0.25, -0.2) is 4.39 Å². The van der Waals surface area contributed by atoms with E-state index in [2.05, 4.69) is 5.32 Å². The van der Waals surface area contributed by atoms with E-state index in [9.17, 15) is 18.2 Å². The van der Waals surface area contributed by atoms with Gasteiger partial charge >= 0.3 is 5.97 Å². The highest BCUT2D eigenvalue weighted by Crippen LogP contribution is 2.10. The number of anilines is 1. The summed E-state index contributed by atoms with van der Waals surface area (Å²) in [5, 5.41) is 10.1. The fourth-order valence-electron chi connectivity index (χ4n) is 1.26. The van der Waals surface area contributed by atoms with Crippen molar-refractivity contribution >= 4 is 28.4 Å². The van der Waals surface area contributed by atoms with Crippen LogP contribution in [0.3, 0.4) is 0 Å². The minimum Gasteiger partial charge on any atom is -0.481 e. The summed E-state index contributed by atoms with van der Waals surface area (Å²) >= 11 is 0. The maximum Gasteiger partial charge on any atom is 0.304 e. The molecule has 2 unspecified atom stereocenters. The molecular formula is C12H14FNO4S. The molecule has 0 spiro atoms. The molecule has 1 aromatic carbocycles. The quantitative estimate of drug-likeness (QED) is 0.828. The van der Waals surface area contributed by atoms with Crippen molar-refractivity contribution in [3.05, 3.63) is 30.1 Å². The van der Waals surface area contributed by atoms with Gasteiger partial charge in [-0.2, -0.15) is 0 Å². The summed E-state index contributed by atoms with van der Waals surface area (Å²) in [6, 6.07) is 5.17. The number of halogens is 1. The molecule has 104 valence electrons. The van der Waals surface area contributed by atoms with Gasteiger partial charge in [0, 0.05) is 22.2 Å². The van der Waals surface area contributed by atoms with Crippen LogP contribution in [0, 0.1) is 5.82 Å². The molecular weight excluding hydrogens is 273 g/mol. The molecule has 1 amide bonds. The third kappa shape index (κ3) is 5.17. The standard InChI is InChI=1S/C12H14FNO4S/c1-8(19(18)7-6-11(15)16)12(17)14-10-4-2-9(13)3-5-10/h2-5,8H,6-7H2,1H3,(H,14,17)(H,15,16). The Morgan fingerprint density at radius 1 is 1.37 bits per heavy atom. The van der Waals surface area contributed by atoms with Crippen molar-refractivity contribution in [2.24, 2.45) is 0 Å². The molecule has 0 saturated heterocycles. The molecule has 0 radical (unpaired) electrons. The summed E-state index contributed by atoms with van der Waals surface area (Å²) in [6.07, 6.45) is -0.249. The smallest absolute Gasteiger partial charge is 0.304 e. The molecule has 0 saturated carbocycles. The molecule has 0 bridgehead atoms. The summed E-state index contributed by atoms with van der Waals surface area (Å²) < 4.78 is 24.3. The first kappa shape index (κ1) is 15.3. The van der Waals surface area contributed by atoms with Crippen LogP contribution in [0.2, 0.25) is 0 Å². The predicted molar refractivity (Wildman–Crippen MR) is 69.8 cm³/mol. The number of carboxylic acids is 1. The highest BCUT2D eigenvalue weighted by atomic mass is 32.2. The number of carbonyl (C=O) groups excluding carboxylic acids is 1. The first-order valence-electron chi connectivity index (χ1n) is 5.55. The molecule has 0 fully saturated rings. The summed E-state index contributed by atoms with van der Waals surface area (Å²) in [5.74, 6) is -2.04. The number of hydrogen-bond acceptors (Lipinski definition) is 3. The van der Waals surface area contributed by atoms with Gasteiger partial charge in [0.15, 0.2) is 0 Å². The SMILES string of the molecule is CC(C(=O)Nc1ccc(F)cc1)S(=O)CCC(=O)O. The van der Waals surface area contributed by atoms with E-state index < -0.39 is 33.7 Å². The molecule has 7 heteroatoms. The maximum atomic E-state index is 12.7. The monoisotopic (exact) mass is 287 g/mol.